The molecule has 0 saturated heterocycles. The van der Waals surface area contributed by atoms with E-state index in [1.807, 2.05) is 6.07 Å². The molecule has 0 saturated carbocycles. The van der Waals surface area contributed by atoms with Crippen molar-refractivity contribution in [2.75, 3.05) is 13.9 Å². The van der Waals surface area contributed by atoms with Gasteiger partial charge in [-0.15, -0.1) is 0 Å². The van der Waals surface area contributed by atoms with Crippen LogP contribution in [0, 0.1) is 0 Å². The summed E-state index contributed by atoms with van der Waals surface area (Å²) in [4.78, 5) is 0. The molecule has 78 valence electrons. The lowest BCUT2D eigenvalue weighted by Gasteiger charge is -2.10. The molecular formula is C11H15BrO2. The van der Waals surface area contributed by atoms with E-state index in [1.54, 1.807) is 7.11 Å². The fourth-order valence-corrected chi connectivity index (χ4v) is 1.63. The molecule has 2 nitrogen and oxygen atoms in total. The van der Waals surface area contributed by atoms with Crippen LogP contribution in [0.2, 0.25) is 0 Å². The summed E-state index contributed by atoms with van der Waals surface area (Å²) in [6.45, 7) is 4.61. The summed E-state index contributed by atoms with van der Waals surface area (Å²) in [5.41, 5.74) is 1.29. The largest absolute Gasteiger partial charge is 0.466 e. The van der Waals surface area contributed by atoms with Crippen LogP contribution >= 0.6 is 15.9 Å². The summed E-state index contributed by atoms with van der Waals surface area (Å²) in [5.74, 6) is 1.35. The van der Waals surface area contributed by atoms with E-state index in [2.05, 4.69) is 41.9 Å². The predicted molar refractivity (Wildman–Crippen MR) is 60.7 cm³/mol. The molecule has 0 aliphatic rings. The van der Waals surface area contributed by atoms with E-state index in [4.69, 9.17) is 9.47 Å². The lowest BCUT2D eigenvalue weighted by atomic mass is 10.0. The molecule has 0 atom stereocenters. The van der Waals surface area contributed by atoms with Crippen molar-refractivity contribution in [1.82, 2.24) is 0 Å². The number of halogens is 1. The molecule has 3 heteroatoms. The van der Waals surface area contributed by atoms with E-state index in [-0.39, 0.29) is 6.79 Å². The van der Waals surface area contributed by atoms with E-state index >= 15 is 0 Å². The van der Waals surface area contributed by atoms with Gasteiger partial charge in [0.25, 0.3) is 0 Å². The van der Waals surface area contributed by atoms with Crippen molar-refractivity contribution in [3.8, 4) is 5.75 Å². The Morgan fingerprint density at radius 1 is 1.36 bits per heavy atom. The van der Waals surface area contributed by atoms with Crippen molar-refractivity contribution >= 4 is 15.9 Å². The Bertz CT molecular complexity index is 297. The molecule has 0 unspecified atom stereocenters. The smallest absolute Gasteiger partial charge is 0.188 e. The van der Waals surface area contributed by atoms with E-state index in [0.29, 0.717) is 5.92 Å². The average Bonchev–Trinajstić information content (AvgIpc) is 2.15. The summed E-state index contributed by atoms with van der Waals surface area (Å²) in [6, 6.07) is 6.11. The van der Waals surface area contributed by atoms with Crippen LogP contribution in [-0.4, -0.2) is 13.9 Å². The highest BCUT2D eigenvalue weighted by Crippen LogP contribution is 2.28. The van der Waals surface area contributed by atoms with Crippen LogP contribution in [0.25, 0.3) is 0 Å². The average molecular weight is 259 g/mol. The molecule has 14 heavy (non-hydrogen) atoms. The third-order valence-corrected chi connectivity index (χ3v) is 2.57. The van der Waals surface area contributed by atoms with Crippen LogP contribution in [0.1, 0.15) is 25.3 Å². The Labute approximate surface area is 93.4 Å². The Morgan fingerprint density at radius 2 is 2.07 bits per heavy atom. The lowest BCUT2D eigenvalue weighted by Crippen LogP contribution is -1.99. The number of methoxy groups -OCH3 is 1. The highest BCUT2D eigenvalue weighted by atomic mass is 79.9. The van der Waals surface area contributed by atoms with Crippen molar-refractivity contribution in [3.63, 3.8) is 0 Å². The molecule has 0 aliphatic heterocycles. The quantitative estimate of drug-likeness (QED) is 0.770. The van der Waals surface area contributed by atoms with Gasteiger partial charge in [-0.25, -0.2) is 0 Å². The summed E-state index contributed by atoms with van der Waals surface area (Å²) in [7, 11) is 1.61. The third kappa shape index (κ3) is 3.00. The molecule has 0 radical (unpaired) electrons. The second-order valence-corrected chi connectivity index (χ2v) is 4.25. The Balaban J connectivity index is 2.79. The molecule has 1 aromatic carbocycles. The second kappa shape index (κ2) is 5.37. The number of hydrogen-bond acceptors (Lipinski definition) is 2. The molecule has 0 spiro atoms. The SMILES string of the molecule is COCOc1ccc(C(C)C)cc1Br. The lowest BCUT2D eigenvalue weighted by molar-refractivity contribution is 0.0506. The van der Waals surface area contributed by atoms with Crippen LogP contribution in [0.3, 0.4) is 0 Å². The summed E-state index contributed by atoms with van der Waals surface area (Å²) >= 11 is 3.47. The molecule has 0 fully saturated rings. The highest BCUT2D eigenvalue weighted by Gasteiger charge is 2.04. The number of rotatable bonds is 4. The van der Waals surface area contributed by atoms with Crippen molar-refractivity contribution in [2.24, 2.45) is 0 Å². The van der Waals surface area contributed by atoms with E-state index in [0.717, 1.165) is 10.2 Å². The van der Waals surface area contributed by atoms with Gasteiger partial charge in [-0.1, -0.05) is 19.9 Å². The van der Waals surface area contributed by atoms with Gasteiger partial charge in [-0.05, 0) is 39.5 Å². The zero-order chi connectivity index (χ0) is 10.6. The van der Waals surface area contributed by atoms with Crippen LogP contribution in [0.5, 0.6) is 5.75 Å². The number of ether oxygens (including phenoxy) is 2. The van der Waals surface area contributed by atoms with Gasteiger partial charge in [0.1, 0.15) is 5.75 Å². The fourth-order valence-electron chi connectivity index (χ4n) is 1.12. The Morgan fingerprint density at radius 3 is 2.57 bits per heavy atom. The van der Waals surface area contributed by atoms with Gasteiger partial charge in [-0.3, -0.25) is 0 Å². The van der Waals surface area contributed by atoms with Crippen LogP contribution in [0.4, 0.5) is 0 Å². The molecule has 0 aromatic heterocycles. The first kappa shape index (κ1) is 11.5. The number of benzene rings is 1. The molecule has 0 heterocycles. The van der Waals surface area contributed by atoms with Crippen LogP contribution < -0.4 is 4.74 Å². The zero-order valence-corrected chi connectivity index (χ0v) is 10.3. The molecule has 0 amide bonds. The summed E-state index contributed by atoms with van der Waals surface area (Å²) < 4.78 is 11.2. The van der Waals surface area contributed by atoms with Crippen molar-refractivity contribution in [2.45, 2.75) is 19.8 Å². The topological polar surface area (TPSA) is 18.5 Å². The van der Waals surface area contributed by atoms with E-state index < -0.39 is 0 Å². The van der Waals surface area contributed by atoms with Crippen molar-refractivity contribution < 1.29 is 9.47 Å². The molecule has 0 N–H and O–H groups in total. The maximum absolute atomic E-state index is 5.35. The van der Waals surface area contributed by atoms with Gasteiger partial charge in [0.2, 0.25) is 0 Å². The zero-order valence-electron chi connectivity index (χ0n) is 8.71. The second-order valence-electron chi connectivity index (χ2n) is 3.40. The van der Waals surface area contributed by atoms with Crippen molar-refractivity contribution in [1.29, 1.82) is 0 Å². The van der Waals surface area contributed by atoms with Gasteiger partial charge >= 0.3 is 0 Å². The van der Waals surface area contributed by atoms with Gasteiger partial charge in [0.15, 0.2) is 6.79 Å². The minimum Gasteiger partial charge on any atom is -0.466 e. The molecular weight excluding hydrogens is 244 g/mol. The molecule has 1 rings (SSSR count). The normalized spacial score (nSPS) is 10.6. The minimum atomic E-state index is 0.277. The van der Waals surface area contributed by atoms with Crippen molar-refractivity contribution in [3.05, 3.63) is 28.2 Å². The van der Waals surface area contributed by atoms with Gasteiger partial charge in [0, 0.05) is 7.11 Å². The maximum Gasteiger partial charge on any atom is 0.188 e. The first-order chi connectivity index (χ1) is 6.65. The highest BCUT2D eigenvalue weighted by molar-refractivity contribution is 9.10. The van der Waals surface area contributed by atoms with Gasteiger partial charge in [-0.2, -0.15) is 0 Å². The van der Waals surface area contributed by atoms with Crippen LogP contribution in [-0.2, 0) is 4.74 Å². The molecule has 1 aromatic rings. The number of hydrogen-bond donors (Lipinski definition) is 0. The van der Waals surface area contributed by atoms with Crippen LogP contribution in [0.15, 0.2) is 22.7 Å². The monoisotopic (exact) mass is 258 g/mol. The molecule has 0 bridgehead atoms. The van der Waals surface area contributed by atoms with Gasteiger partial charge in [0.05, 0.1) is 4.47 Å². The minimum absolute atomic E-state index is 0.277. The Kier molecular flexibility index (Phi) is 4.42. The summed E-state index contributed by atoms with van der Waals surface area (Å²) in [6.07, 6.45) is 0. The third-order valence-electron chi connectivity index (χ3n) is 1.95. The first-order valence-electron chi connectivity index (χ1n) is 4.56. The molecule has 0 aliphatic carbocycles. The van der Waals surface area contributed by atoms with E-state index in [1.165, 1.54) is 5.56 Å². The predicted octanol–water partition coefficient (Wildman–Crippen LogP) is 3.56. The standard InChI is InChI=1S/C11H15BrO2/c1-8(2)9-4-5-11(10(12)6-9)14-7-13-3/h4-6,8H,7H2,1-3H3. The van der Waals surface area contributed by atoms with E-state index in [9.17, 15) is 0 Å². The fraction of sp³-hybridized carbons (Fsp3) is 0.455. The first-order valence-corrected chi connectivity index (χ1v) is 5.35. The maximum atomic E-state index is 5.35. The Hall–Kier alpha value is -0.540. The van der Waals surface area contributed by atoms with Gasteiger partial charge < -0.3 is 9.47 Å². The summed E-state index contributed by atoms with van der Waals surface area (Å²) in [5, 5.41) is 0.